The third-order valence-corrected chi connectivity index (χ3v) is 5.68. The van der Waals surface area contributed by atoms with E-state index >= 15 is 0 Å². The van der Waals surface area contributed by atoms with E-state index in [-0.39, 0.29) is 24.4 Å². The first-order valence-corrected chi connectivity index (χ1v) is 10.6. The van der Waals surface area contributed by atoms with Crippen LogP contribution in [-0.2, 0) is 11.2 Å². The Labute approximate surface area is 177 Å². The second-order valence-corrected chi connectivity index (χ2v) is 7.88. The average molecular weight is 408 g/mol. The fourth-order valence-corrected chi connectivity index (χ4v) is 4.52. The van der Waals surface area contributed by atoms with E-state index in [4.69, 9.17) is 9.47 Å². The zero-order chi connectivity index (χ0) is 21.4. The molecule has 2 aromatic carbocycles. The van der Waals surface area contributed by atoms with Gasteiger partial charge in [0.1, 0.15) is 0 Å². The van der Waals surface area contributed by atoms with Gasteiger partial charge in [0.2, 0.25) is 5.91 Å². The molecule has 1 atom stereocenters. The van der Waals surface area contributed by atoms with Gasteiger partial charge in [0.15, 0.2) is 11.5 Å². The number of fused-ring (bicyclic) bond motifs is 3. The molecule has 1 fully saturated rings. The molecule has 0 aliphatic carbocycles. The number of imide groups is 1. The molecule has 1 unspecified atom stereocenters. The summed E-state index contributed by atoms with van der Waals surface area (Å²) in [7, 11) is 0. The van der Waals surface area contributed by atoms with Crippen LogP contribution in [0.4, 0.5) is 10.5 Å². The summed E-state index contributed by atoms with van der Waals surface area (Å²) in [6, 6.07) is 9.25. The van der Waals surface area contributed by atoms with Crippen LogP contribution >= 0.6 is 0 Å². The standard InChI is InChI=1S/C24H28N2O4/c1-5-29-21-12-17-7-8-25-20(19(17)13-22(21)30-6-2)14-23(27)26(24(25)28)18-10-15(3)9-16(4)11-18/h9-13,20H,5-8,14H2,1-4H3. The first kappa shape index (κ1) is 20.3. The zero-order valence-corrected chi connectivity index (χ0v) is 18.0. The fraction of sp³-hybridized carbons (Fsp3) is 0.417. The maximum atomic E-state index is 13.4. The number of anilines is 1. The van der Waals surface area contributed by atoms with Gasteiger partial charge in [0, 0.05) is 6.54 Å². The van der Waals surface area contributed by atoms with Crippen molar-refractivity contribution in [1.82, 2.24) is 4.90 Å². The van der Waals surface area contributed by atoms with Crippen LogP contribution in [0.5, 0.6) is 11.5 Å². The monoisotopic (exact) mass is 408 g/mol. The lowest BCUT2D eigenvalue weighted by Crippen LogP contribution is -2.55. The molecule has 2 aliphatic heterocycles. The van der Waals surface area contributed by atoms with Gasteiger partial charge in [0.25, 0.3) is 0 Å². The number of rotatable bonds is 5. The van der Waals surface area contributed by atoms with Crippen molar-refractivity contribution in [3.05, 3.63) is 52.6 Å². The summed E-state index contributed by atoms with van der Waals surface area (Å²) >= 11 is 0. The number of nitrogens with zero attached hydrogens (tertiary/aromatic N) is 2. The number of amides is 3. The third-order valence-electron chi connectivity index (χ3n) is 5.68. The molecule has 2 heterocycles. The number of aryl methyl sites for hydroxylation is 2. The molecule has 6 heteroatoms. The predicted octanol–water partition coefficient (Wildman–Crippen LogP) is 4.56. The normalized spacial score (nSPS) is 18.2. The van der Waals surface area contributed by atoms with Crippen molar-refractivity contribution in [2.45, 2.75) is 46.6 Å². The minimum absolute atomic E-state index is 0.175. The smallest absolute Gasteiger partial charge is 0.331 e. The van der Waals surface area contributed by atoms with Crippen LogP contribution in [0.3, 0.4) is 0 Å². The van der Waals surface area contributed by atoms with Gasteiger partial charge >= 0.3 is 6.03 Å². The van der Waals surface area contributed by atoms with Gasteiger partial charge in [-0.2, -0.15) is 0 Å². The minimum Gasteiger partial charge on any atom is -0.490 e. The van der Waals surface area contributed by atoms with Crippen molar-refractivity contribution in [2.75, 3.05) is 24.7 Å². The van der Waals surface area contributed by atoms with Crippen molar-refractivity contribution in [1.29, 1.82) is 0 Å². The lowest BCUT2D eigenvalue weighted by Gasteiger charge is -2.44. The maximum absolute atomic E-state index is 13.4. The van der Waals surface area contributed by atoms with Crippen LogP contribution in [0.2, 0.25) is 0 Å². The van der Waals surface area contributed by atoms with Crippen LogP contribution < -0.4 is 14.4 Å². The number of urea groups is 1. The van der Waals surface area contributed by atoms with Crippen molar-refractivity contribution in [3.8, 4) is 11.5 Å². The molecule has 0 spiro atoms. The number of carbonyl (C=O) groups excluding carboxylic acids is 2. The Morgan fingerprint density at radius 1 is 0.933 bits per heavy atom. The highest BCUT2D eigenvalue weighted by molar-refractivity contribution is 6.16. The lowest BCUT2D eigenvalue weighted by atomic mass is 9.88. The highest BCUT2D eigenvalue weighted by atomic mass is 16.5. The summed E-state index contributed by atoms with van der Waals surface area (Å²) in [4.78, 5) is 29.6. The fourth-order valence-electron chi connectivity index (χ4n) is 4.52. The SMILES string of the molecule is CCOc1cc2c(cc1OCC)C1CC(=O)N(c3cc(C)cc(C)c3)C(=O)N1CC2. The van der Waals surface area contributed by atoms with Gasteiger partial charge in [-0.25, -0.2) is 9.69 Å². The highest BCUT2D eigenvalue weighted by Crippen LogP contribution is 2.42. The molecule has 0 N–H and O–H groups in total. The Balaban J connectivity index is 1.70. The predicted molar refractivity (Wildman–Crippen MR) is 115 cm³/mol. The molecule has 6 nitrogen and oxygen atoms in total. The highest BCUT2D eigenvalue weighted by Gasteiger charge is 2.43. The van der Waals surface area contributed by atoms with Crippen molar-refractivity contribution >= 4 is 17.6 Å². The summed E-state index contributed by atoms with van der Waals surface area (Å²) < 4.78 is 11.5. The topological polar surface area (TPSA) is 59.1 Å². The minimum atomic E-state index is -0.272. The van der Waals surface area contributed by atoms with E-state index in [9.17, 15) is 9.59 Å². The molecule has 30 heavy (non-hydrogen) atoms. The van der Waals surface area contributed by atoms with Crippen LogP contribution in [0.1, 0.15) is 48.6 Å². The number of hydrogen-bond donors (Lipinski definition) is 0. The van der Waals surface area contributed by atoms with Gasteiger partial charge in [-0.05, 0) is 80.6 Å². The molecule has 0 bridgehead atoms. The maximum Gasteiger partial charge on any atom is 0.331 e. The lowest BCUT2D eigenvalue weighted by molar-refractivity contribution is -0.120. The second-order valence-electron chi connectivity index (χ2n) is 7.88. The van der Waals surface area contributed by atoms with Gasteiger partial charge in [-0.3, -0.25) is 4.79 Å². The van der Waals surface area contributed by atoms with Gasteiger partial charge in [-0.15, -0.1) is 0 Å². The Hall–Kier alpha value is -3.02. The van der Waals surface area contributed by atoms with E-state index < -0.39 is 0 Å². The number of benzene rings is 2. The largest absolute Gasteiger partial charge is 0.490 e. The Morgan fingerprint density at radius 3 is 2.20 bits per heavy atom. The Bertz CT molecular complexity index is 981. The van der Waals surface area contributed by atoms with Crippen molar-refractivity contribution < 1.29 is 19.1 Å². The average Bonchev–Trinajstić information content (AvgIpc) is 2.68. The molecule has 0 aromatic heterocycles. The molecule has 3 amide bonds. The summed E-state index contributed by atoms with van der Waals surface area (Å²) in [6.07, 6.45) is 0.976. The zero-order valence-electron chi connectivity index (χ0n) is 18.0. The molecule has 1 saturated heterocycles. The molecule has 2 aromatic rings. The summed E-state index contributed by atoms with van der Waals surface area (Å²) in [5.41, 5.74) is 4.80. The summed E-state index contributed by atoms with van der Waals surface area (Å²) in [5.74, 6) is 1.21. The molecular formula is C24H28N2O4. The van der Waals surface area contributed by atoms with E-state index in [1.165, 1.54) is 4.90 Å². The van der Waals surface area contributed by atoms with E-state index in [0.29, 0.717) is 31.2 Å². The van der Waals surface area contributed by atoms with Crippen LogP contribution in [0.15, 0.2) is 30.3 Å². The molecule has 2 aliphatic rings. The molecule has 158 valence electrons. The van der Waals surface area contributed by atoms with E-state index in [2.05, 4.69) is 0 Å². The van der Waals surface area contributed by atoms with Crippen LogP contribution in [0.25, 0.3) is 0 Å². The summed E-state index contributed by atoms with van der Waals surface area (Å²) in [5, 5.41) is 0. The van der Waals surface area contributed by atoms with Crippen molar-refractivity contribution in [2.24, 2.45) is 0 Å². The van der Waals surface area contributed by atoms with Gasteiger partial charge in [0.05, 0.1) is 31.4 Å². The molecule has 0 saturated carbocycles. The van der Waals surface area contributed by atoms with Crippen LogP contribution in [-0.4, -0.2) is 36.6 Å². The molecule has 0 radical (unpaired) electrons. The quantitative estimate of drug-likeness (QED) is 0.728. The molecule has 4 rings (SSSR count). The van der Waals surface area contributed by atoms with E-state index in [1.807, 2.05) is 62.9 Å². The van der Waals surface area contributed by atoms with Gasteiger partial charge in [-0.1, -0.05) is 6.07 Å². The van der Waals surface area contributed by atoms with Crippen LogP contribution in [0, 0.1) is 13.8 Å². The number of carbonyl (C=O) groups is 2. The summed E-state index contributed by atoms with van der Waals surface area (Å²) in [6.45, 7) is 9.46. The number of hydrogen-bond acceptors (Lipinski definition) is 4. The van der Waals surface area contributed by atoms with Gasteiger partial charge < -0.3 is 14.4 Å². The Morgan fingerprint density at radius 2 is 1.57 bits per heavy atom. The second kappa shape index (κ2) is 8.01. The van der Waals surface area contributed by atoms with E-state index in [0.717, 1.165) is 34.4 Å². The van der Waals surface area contributed by atoms with E-state index in [1.54, 1.807) is 0 Å². The number of ether oxygens (including phenoxy) is 2. The molecular weight excluding hydrogens is 380 g/mol. The van der Waals surface area contributed by atoms with Crippen molar-refractivity contribution in [3.63, 3.8) is 0 Å². The first-order valence-electron chi connectivity index (χ1n) is 10.6. The Kier molecular flexibility index (Phi) is 5.41. The first-order chi connectivity index (χ1) is 14.4. The third kappa shape index (κ3) is 3.51.